The third-order valence-electron chi connectivity index (χ3n) is 15.8. The average Bonchev–Trinajstić information content (AvgIpc) is 3.36. The molecule has 17 atom stereocenters. The lowest BCUT2D eigenvalue weighted by Gasteiger charge is -2.70. The molecule has 6 N–H and O–H groups in total. The van der Waals surface area contributed by atoms with Gasteiger partial charge in [0.05, 0.1) is 25.4 Å². The first-order valence-corrected chi connectivity index (χ1v) is 19.4. The number of ether oxygens (including phenoxy) is 4. The molecule has 0 bridgehead atoms. The van der Waals surface area contributed by atoms with Crippen LogP contribution >= 0.6 is 0 Å². The van der Waals surface area contributed by atoms with E-state index in [4.69, 9.17) is 18.9 Å². The highest BCUT2D eigenvalue weighted by molar-refractivity contribution is 5.66. The fraction of sp³-hybridized carbons (Fsp3) is 0.900. The second kappa shape index (κ2) is 13.5. The van der Waals surface area contributed by atoms with Crippen molar-refractivity contribution in [2.75, 3.05) is 13.2 Å². The maximum Gasteiger partial charge on any atom is 0.302 e. The Hall–Kier alpha value is -1.64. The fourth-order valence-electron chi connectivity index (χ4n) is 13.4. The van der Waals surface area contributed by atoms with Gasteiger partial charge in [0.2, 0.25) is 0 Å². The highest BCUT2D eigenvalue weighted by atomic mass is 16.7. The van der Waals surface area contributed by atoms with Crippen molar-refractivity contribution in [3.63, 3.8) is 0 Å². The lowest BCUT2D eigenvalue weighted by Crippen LogP contribution is -2.69. The molecule has 0 aromatic heterocycles. The van der Waals surface area contributed by atoms with Crippen molar-refractivity contribution in [1.29, 1.82) is 0 Å². The summed E-state index contributed by atoms with van der Waals surface area (Å²) in [4.78, 5) is 24.9. The molecular weight excluding hydrogens is 672 g/mol. The molecular formula is C40H64O12. The number of aliphatic hydroxyl groups excluding tert-OH is 6. The van der Waals surface area contributed by atoms with Crippen LogP contribution in [0.4, 0.5) is 0 Å². The number of hydrogen-bond donors (Lipinski definition) is 6. The molecule has 4 unspecified atom stereocenters. The summed E-state index contributed by atoms with van der Waals surface area (Å²) in [5.41, 5.74) is -1.37. The van der Waals surface area contributed by atoms with E-state index in [9.17, 15) is 40.2 Å². The average molecular weight is 737 g/mol. The second-order valence-corrected chi connectivity index (χ2v) is 19.0. The van der Waals surface area contributed by atoms with Crippen LogP contribution in [0.2, 0.25) is 0 Å². The van der Waals surface area contributed by atoms with E-state index in [1.807, 2.05) is 13.8 Å². The largest absolute Gasteiger partial charge is 0.465 e. The Morgan fingerprint density at radius 2 is 1.58 bits per heavy atom. The Kier molecular flexibility index (Phi) is 10.4. The van der Waals surface area contributed by atoms with Crippen molar-refractivity contribution in [2.24, 2.45) is 56.7 Å². The molecule has 4 saturated carbocycles. The molecule has 12 nitrogen and oxygen atoms in total. The SMILES string of the molecule is CC(=O)OC[C@@]12CC[C@@]3(C)C4C(=CC[C@]3(C)C1C(O)C[C@H]2C(C)C)[C@@]1(C)C[C@@H](OC(C)=O)[C@H](O[C@@H]2O[C@H](CO)[C@@H](O)[C@H](O)[C@H]2O)C(C)(C)C1C[C@@H]4O. The number of fused-ring (bicyclic) bond motifs is 7. The van der Waals surface area contributed by atoms with Gasteiger partial charge >= 0.3 is 11.9 Å². The van der Waals surface area contributed by atoms with Gasteiger partial charge < -0.3 is 49.6 Å². The summed E-state index contributed by atoms with van der Waals surface area (Å²) in [5, 5.41) is 66.0. The molecule has 0 aromatic carbocycles. The Bertz CT molecular complexity index is 1410. The molecule has 296 valence electrons. The van der Waals surface area contributed by atoms with Gasteiger partial charge in [-0.15, -0.1) is 0 Å². The number of hydrogen-bond acceptors (Lipinski definition) is 12. The first-order valence-electron chi connectivity index (χ1n) is 19.4. The lowest BCUT2D eigenvalue weighted by molar-refractivity contribution is -0.337. The van der Waals surface area contributed by atoms with E-state index in [-0.39, 0.29) is 41.7 Å². The van der Waals surface area contributed by atoms with E-state index in [1.54, 1.807) is 0 Å². The Balaban J connectivity index is 1.39. The van der Waals surface area contributed by atoms with Crippen LogP contribution < -0.4 is 0 Å². The number of allylic oxidation sites excluding steroid dienone is 1. The molecule has 0 aromatic rings. The number of rotatable bonds is 7. The van der Waals surface area contributed by atoms with E-state index >= 15 is 0 Å². The Morgan fingerprint density at radius 1 is 0.904 bits per heavy atom. The van der Waals surface area contributed by atoms with E-state index in [1.165, 1.54) is 13.8 Å². The lowest BCUT2D eigenvalue weighted by atomic mass is 9.35. The standard InChI is InChI=1S/C40H64O12/c1-19(2)23-14-25(45)33-39(9)11-10-22-29(38(39,8)12-13-40(23,33)18-49-20(3)42)24(44)15-28-36(5,6)34(26(50-21(4)43)16-37(22,28)7)52-35-32(48)31(47)30(46)27(17-41)51-35/h10,19,23-35,41,44-48H,11-18H2,1-9H3/t23-,24-,25?,26+,27+,28?,29?,30+,31-,32+,33?,34-,35-,37+,38-,39+,40+/m0/s1. The van der Waals surface area contributed by atoms with Crippen molar-refractivity contribution in [3.8, 4) is 0 Å². The Morgan fingerprint density at radius 3 is 2.17 bits per heavy atom. The molecule has 12 heteroatoms. The minimum absolute atomic E-state index is 0.145. The first kappa shape index (κ1) is 40.0. The molecule has 0 radical (unpaired) electrons. The number of carbonyl (C=O) groups is 2. The van der Waals surface area contributed by atoms with Gasteiger partial charge in [-0.3, -0.25) is 9.59 Å². The van der Waals surface area contributed by atoms with Crippen LogP contribution in [-0.2, 0) is 28.5 Å². The van der Waals surface area contributed by atoms with Gasteiger partial charge in [0.15, 0.2) is 6.29 Å². The van der Waals surface area contributed by atoms with E-state index in [0.717, 1.165) is 18.4 Å². The van der Waals surface area contributed by atoms with Gasteiger partial charge in [-0.1, -0.05) is 60.1 Å². The summed E-state index contributed by atoms with van der Waals surface area (Å²) in [5.74, 6) is -0.892. The zero-order chi connectivity index (χ0) is 38.5. The maximum atomic E-state index is 12.7. The van der Waals surface area contributed by atoms with Gasteiger partial charge in [-0.2, -0.15) is 0 Å². The zero-order valence-corrected chi connectivity index (χ0v) is 32.4. The van der Waals surface area contributed by atoms with Crippen molar-refractivity contribution in [3.05, 3.63) is 11.6 Å². The van der Waals surface area contributed by atoms with Gasteiger partial charge in [0, 0.05) is 31.1 Å². The minimum atomic E-state index is -1.63. The van der Waals surface area contributed by atoms with Gasteiger partial charge in [-0.05, 0) is 77.9 Å². The summed E-state index contributed by atoms with van der Waals surface area (Å²) in [6, 6.07) is 0. The smallest absolute Gasteiger partial charge is 0.302 e. The molecule has 0 amide bonds. The molecule has 0 spiro atoms. The zero-order valence-electron chi connectivity index (χ0n) is 32.4. The maximum absolute atomic E-state index is 12.7. The quantitative estimate of drug-likeness (QED) is 0.128. The fourth-order valence-corrected chi connectivity index (χ4v) is 13.4. The predicted octanol–water partition coefficient (Wildman–Crippen LogP) is 2.88. The number of aliphatic hydroxyl groups is 6. The predicted molar refractivity (Wildman–Crippen MR) is 188 cm³/mol. The molecule has 5 fully saturated rings. The summed E-state index contributed by atoms with van der Waals surface area (Å²) >= 11 is 0. The van der Waals surface area contributed by atoms with Crippen molar-refractivity contribution in [1.82, 2.24) is 0 Å². The van der Waals surface area contributed by atoms with Crippen LogP contribution in [0.5, 0.6) is 0 Å². The monoisotopic (exact) mass is 736 g/mol. The van der Waals surface area contributed by atoms with Gasteiger partial charge in [0.1, 0.15) is 36.6 Å². The summed E-state index contributed by atoms with van der Waals surface area (Å²) in [6.07, 6.45) is -4.33. The van der Waals surface area contributed by atoms with Crippen molar-refractivity contribution >= 4 is 11.9 Å². The molecule has 1 aliphatic heterocycles. The van der Waals surface area contributed by atoms with E-state index in [2.05, 4.69) is 40.7 Å². The van der Waals surface area contributed by atoms with Gasteiger partial charge in [-0.25, -0.2) is 0 Å². The van der Waals surface area contributed by atoms with Crippen LogP contribution in [0.1, 0.15) is 101 Å². The molecule has 6 rings (SSSR count). The molecule has 52 heavy (non-hydrogen) atoms. The normalized spacial score (nSPS) is 51.0. The summed E-state index contributed by atoms with van der Waals surface area (Å²) in [7, 11) is 0. The molecule has 5 aliphatic carbocycles. The molecule has 6 aliphatic rings. The summed E-state index contributed by atoms with van der Waals surface area (Å²) < 4.78 is 24.1. The van der Waals surface area contributed by atoms with Crippen LogP contribution in [0.25, 0.3) is 0 Å². The van der Waals surface area contributed by atoms with Gasteiger partial charge in [0.25, 0.3) is 0 Å². The third kappa shape index (κ3) is 5.75. The van der Waals surface area contributed by atoms with Crippen LogP contribution in [0.15, 0.2) is 11.6 Å². The van der Waals surface area contributed by atoms with Crippen LogP contribution in [-0.4, -0.2) is 111 Å². The van der Waals surface area contributed by atoms with Crippen molar-refractivity contribution in [2.45, 2.75) is 156 Å². The first-order chi connectivity index (χ1) is 24.1. The topological polar surface area (TPSA) is 192 Å². The summed E-state index contributed by atoms with van der Waals surface area (Å²) in [6.45, 7) is 17.6. The highest BCUT2D eigenvalue weighted by Crippen LogP contribution is 2.76. The number of carbonyl (C=O) groups excluding carboxylic acids is 2. The molecule has 1 saturated heterocycles. The minimum Gasteiger partial charge on any atom is -0.465 e. The van der Waals surface area contributed by atoms with E-state index in [0.29, 0.717) is 31.6 Å². The second-order valence-electron chi connectivity index (χ2n) is 19.0. The third-order valence-corrected chi connectivity index (χ3v) is 15.8. The van der Waals surface area contributed by atoms with Crippen LogP contribution in [0.3, 0.4) is 0 Å². The highest BCUT2D eigenvalue weighted by Gasteiger charge is 2.73. The number of esters is 2. The van der Waals surface area contributed by atoms with Crippen molar-refractivity contribution < 1.29 is 59.2 Å². The van der Waals surface area contributed by atoms with E-state index < -0.39 is 89.4 Å². The molecule has 1 heterocycles. The Labute approximate surface area is 308 Å². The van der Waals surface area contributed by atoms with Crippen LogP contribution in [0, 0.1) is 56.7 Å².